The highest BCUT2D eigenvalue weighted by atomic mass is 16.5. The molecule has 2 aromatic carbocycles. The van der Waals surface area contributed by atoms with Crippen LogP contribution in [0.1, 0.15) is 17.5 Å². The standard InChI is InChI=1S/C23H25NO4/c1-27-23(26)18-20-12-14-21(15-13-20)28-17-7-16-24-22(25)11-6-5-10-19-8-3-2-4-9-19/h2-6,8-15H,7,16-18H2,1H3,(H,24,25). The van der Waals surface area contributed by atoms with E-state index < -0.39 is 0 Å². The van der Waals surface area contributed by atoms with E-state index in [0.717, 1.165) is 16.9 Å². The van der Waals surface area contributed by atoms with Gasteiger partial charge in [0.05, 0.1) is 20.1 Å². The van der Waals surface area contributed by atoms with Gasteiger partial charge >= 0.3 is 5.97 Å². The zero-order chi connectivity index (χ0) is 20.0. The van der Waals surface area contributed by atoms with Gasteiger partial charge in [-0.25, -0.2) is 0 Å². The van der Waals surface area contributed by atoms with Crippen LogP contribution in [0, 0.1) is 0 Å². The quantitative estimate of drug-likeness (QED) is 0.297. The molecule has 0 spiro atoms. The predicted octanol–water partition coefficient (Wildman–Crippen LogP) is 3.56. The molecular weight excluding hydrogens is 354 g/mol. The van der Waals surface area contributed by atoms with Crippen molar-refractivity contribution in [1.29, 1.82) is 0 Å². The van der Waals surface area contributed by atoms with Gasteiger partial charge in [0.15, 0.2) is 0 Å². The first-order chi connectivity index (χ1) is 13.7. The van der Waals surface area contributed by atoms with Crippen molar-refractivity contribution in [1.82, 2.24) is 5.32 Å². The van der Waals surface area contributed by atoms with Gasteiger partial charge in [0.25, 0.3) is 0 Å². The van der Waals surface area contributed by atoms with Gasteiger partial charge in [-0.05, 0) is 29.7 Å². The fraction of sp³-hybridized carbons (Fsp3) is 0.217. The summed E-state index contributed by atoms with van der Waals surface area (Å²) in [5.74, 6) is 0.324. The molecule has 0 aliphatic heterocycles. The minimum Gasteiger partial charge on any atom is -0.494 e. The fourth-order valence-corrected chi connectivity index (χ4v) is 2.35. The number of ether oxygens (including phenoxy) is 2. The molecule has 0 atom stereocenters. The number of amides is 1. The first-order valence-corrected chi connectivity index (χ1v) is 9.13. The van der Waals surface area contributed by atoms with Gasteiger partial charge in [-0.1, -0.05) is 60.7 Å². The van der Waals surface area contributed by atoms with Crippen LogP contribution in [-0.2, 0) is 20.7 Å². The van der Waals surface area contributed by atoms with E-state index in [1.807, 2.05) is 66.7 Å². The van der Waals surface area contributed by atoms with E-state index >= 15 is 0 Å². The van der Waals surface area contributed by atoms with E-state index in [0.29, 0.717) is 19.6 Å². The van der Waals surface area contributed by atoms with Crippen molar-refractivity contribution in [2.45, 2.75) is 12.8 Å². The maximum absolute atomic E-state index is 11.7. The third-order valence-corrected chi connectivity index (χ3v) is 3.84. The second-order valence-electron chi connectivity index (χ2n) is 6.02. The Hall–Kier alpha value is -3.34. The minimum absolute atomic E-state index is 0.134. The molecule has 5 heteroatoms. The van der Waals surface area contributed by atoms with Gasteiger partial charge in [-0.2, -0.15) is 0 Å². The molecule has 5 nitrogen and oxygen atoms in total. The van der Waals surface area contributed by atoms with E-state index in [4.69, 9.17) is 4.74 Å². The lowest BCUT2D eigenvalue weighted by molar-refractivity contribution is -0.139. The molecule has 0 unspecified atom stereocenters. The van der Waals surface area contributed by atoms with Crippen molar-refractivity contribution >= 4 is 18.0 Å². The molecule has 0 bridgehead atoms. The van der Waals surface area contributed by atoms with Crippen LogP contribution in [-0.4, -0.2) is 32.1 Å². The van der Waals surface area contributed by atoms with Crippen molar-refractivity contribution in [2.24, 2.45) is 0 Å². The number of rotatable bonds is 10. The molecule has 1 N–H and O–H groups in total. The number of carbonyl (C=O) groups is 2. The molecule has 2 rings (SSSR count). The van der Waals surface area contributed by atoms with Gasteiger partial charge in [-0.15, -0.1) is 0 Å². The maximum Gasteiger partial charge on any atom is 0.309 e. The van der Waals surface area contributed by atoms with Crippen molar-refractivity contribution in [2.75, 3.05) is 20.3 Å². The summed E-state index contributed by atoms with van der Waals surface area (Å²) in [6.45, 7) is 1.03. The summed E-state index contributed by atoms with van der Waals surface area (Å²) in [7, 11) is 1.37. The molecule has 0 radical (unpaired) electrons. The summed E-state index contributed by atoms with van der Waals surface area (Å²) < 4.78 is 10.3. The van der Waals surface area contributed by atoms with Gasteiger partial charge < -0.3 is 14.8 Å². The summed E-state index contributed by atoms with van der Waals surface area (Å²) >= 11 is 0. The normalized spacial score (nSPS) is 10.9. The average Bonchev–Trinajstić information content (AvgIpc) is 2.73. The number of allylic oxidation sites excluding steroid dienone is 2. The van der Waals surface area contributed by atoms with Crippen LogP contribution in [0.2, 0.25) is 0 Å². The van der Waals surface area contributed by atoms with Crippen LogP contribution < -0.4 is 10.1 Å². The molecule has 0 aliphatic carbocycles. The Morgan fingerprint density at radius 2 is 1.75 bits per heavy atom. The number of benzene rings is 2. The molecule has 0 saturated heterocycles. The summed E-state index contributed by atoms with van der Waals surface area (Å²) in [5, 5.41) is 2.81. The van der Waals surface area contributed by atoms with Crippen LogP contribution in [0.5, 0.6) is 5.75 Å². The van der Waals surface area contributed by atoms with Crippen molar-refractivity contribution in [3.8, 4) is 5.75 Å². The molecule has 0 heterocycles. The van der Waals surface area contributed by atoms with E-state index in [1.165, 1.54) is 13.2 Å². The Kier molecular flexibility index (Phi) is 9.08. The molecule has 146 valence electrons. The first-order valence-electron chi connectivity index (χ1n) is 9.13. The zero-order valence-corrected chi connectivity index (χ0v) is 16.0. The number of carbonyl (C=O) groups excluding carboxylic acids is 2. The lowest BCUT2D eigenvalue weighted by Gasteiger charge is -2.07. The van der Waals surface area contributed by atoms with Crippen LogP contribution in [0.3, 0.4) is 0 Å². The number of esters is 1. The third-order valence-electron chi connectivity index (χ3n) is 3.84. The first kappa shape index (κ1) is 21.0. The van der Waals surface area contributed by atoms with E-state index in [2.05, 4.69) is 10.1 Å². The maximum atomic E-state index is 11.7. The van der Waals surface area contributed by atoms with Crippen molar-refractivity contribution < 1.29 is 19.1 Å². The van der Waals surface area contributed by atoms with E-state index in [1.54, 1.807) is 6.08 Å². The second kappa shape index (κ2) is 12.1. The average molecular weight is 379 g/mol. The van der Waals surface area contributed by atoms with Gasteiger partial charge in [0, 0.05) is 12.6 Å². The highest BCUT2D eigenvalue weighted by molar-refractivity contribution is 5.87. The van der Waals surface area contributed by atoms with E-state index in [-0.39, 0.29) is 18.3 Å². The predicted molar refractivity (Wildman–Crippen MR) is 110 cm³/mol. The molecule has 0 fully saturated rings. The van der Waals surface area contributed by atoms with Crippen LogP contribution >= 0.6 is 0 Å². The van der Waals surface area contributed by atoms with Crippen LogP contribution in [0.15, 0.2) is 72.8 Å². The monoisotopic (exact) mass is 379 g/mol. The van der Waals surface area contributed by atoms with Gasteiger partial charge in [0.2, 0.25) is 5.91 Å². The lowest BCUT2D eigenvalue weighted by Crippen LogP contribution is -2.23. The second-order valence-corrected chi connectivity index (χ2v) is 6.02. The van der Waals surface area contributed by atoms with Crippen LogP contribution in [0.4, 0.5) is 0 Å². The molecule has 1 amide bonds. The number of methoxy groups -OCH3 is 1. The van der Waals surface area contributed by atoms with Gasteiger partial charge in [0.1, 0.15) is 5.75 Å². The molecule has 28 heavy (non-hydrogen) atoms. The molecular formula is C23H25NO4. The smallest absolute Gasteiger partial charge is 0.309 e. The SMILES string of the molecule is COC(=O)Cc1ccc(OCCCNC(=O)C=CC=Cc2ccccc2)cc1. The van der Waals surface area contributed by atoms with E-state index in [9.17, 15) is 9.59 Å². The summed E-state index contributed by atoms with van der Waals surface area (Å²) in [5.41, 5.74) is 1.96. The number of hydrogen-bond donors (Lipinski definition) is 1. The molecule has 0 aromatic heterocycles. The Morgan fingerprint density at radius 3 is 2.46 bits per heavy atom. The molecule has 0 saturated carbocycles. The summed E-state index contributed by atoms with van der Waals surface area (Å²) in [6, 6.07) is 17.2. The number of hydrogen-bond acceptors (Lipinski definition) is 4. The molecule has 2 aromatic rings. The van der Waals surface area contributed by atoms with Gasteiger partial charge in [-0.3, -0.25) is 9.59 Å². The Labute approximate surface area is 165 Å². The highest BCUT2D eigenvalue weighted by Gasteiger charge is 2.03. The topological polar surface area (TPSA) is 64.6 Å². The fourth-order valence-electron chi connectivity index (χ4n) is 2.35. The summed E-state index contributed by atoms with van der Waals surface area (Å²) in [6.07, 6.45) is 7.94. The number of nitrogens with one attached hydrogen (secondary N) is 1. The zero-order valence-electron chi connectivity index (χ0n) is 16.0. The highest BCUT2D eigenvalue weighted by Crippen LogP contribution is 2.13. The summed E-state index contributed by atoms with van der Waals surface area (Å²) in [4.78, 5) is 22.9. The van der Waals surface area contributed by atoms with Crippen LogP contribution in [0.25, 0.3) is 6.08 Å². The Bertz CT molecular complexity index is 795. The molecule has 0 aliphatic rings. The largest absolute Gasteiger partial charge is 0.494 e. The lowest BCUT2D eigenvalue weighted by atomic mass is 10.1. The minimum atomic E-state index is -0.269. The third kappa shape index (κ3) is 8.36. The Morgan fingerprint density at radius 1 is 1.00 bits per heavy atom. The van der Waals surface area contributed by atoms with Crippen molar-refractivity contribution in [3.63, 3.8) is 0 Å². The van der Waals surface area contributed by atoms with Crippen molar-refractivity contribution in [3.05, 3.63) is 84.0 Å². The Balaban J connectivity index is 1.59.